The van der Waals surface area contributed by atoms with Crippen molar-refractivity contribution in [2.75, 3.05) is 0 Å². The average Bonchev–Trinajstić information content (AvgIpc) is 2.51. The Kier molecular flexibility index (Phi) is 5.52. The van der Waals surface area contributed by atoms with Crippen LogP contribution in [0.4, 0.5) is 9.18 Å². The summed E-state index contributed by atoms with van der Waals surface area (Å²) in [6.45, 7) is 6.30. The highest BCUT2D eigenvalue weighted by molar-refractivity contribution is 5.85. The zero-order valence-corrected chi connectivity index (χ0v) is 13.9. The lowest BCUT2D eigenvalue weighted by Gasteiger charge is -2.16. The van der Waals surface area contributed by atoms with Crippen molar-refractivity contribution in [2.24, 2.45) is 10.8 Å². The van der Waals surface area contributed by atoms with Gasteiger partial charge in [0.15, 0.2) is 0 Å². The predicted octanol–water partition coefficient (Wildman–Crippen LogP) is 3.33. The largest absolute Gasteiger partial charge is 0.489 e. The number of aryl methyl sites for hydroxylation is 2. The molecule has 0 saturated heterocycles. The van der Waals surface area contributed by atoms with Crippen molar-refractivity contribution in [3.63, 3.8) is 0 Å². The van der Waals surface area contributed by atoms with Crippen molar-refractivity contribution in [3.8, 4) is 5.75 Å². The molecule has 6 heteroatoms. The van der Waals surface area contributed by atoms with Gasteiger partial charge in [-0.15, -0.1) is 0 Å². The summed E-state index contributed by atoms with van der Waals surface area (Å²) in [4.78, 5) is 10.7. The number of nitrogens with two attached hydrogens (primary N) is 1. The van der Waals surface area contributed by atoms with Crippen molar-refractivity contribution in [1.82, 2.24) is 5.43 Å². The van der Waals surface area contributed by atoms with Crippen LogP contribution in [-0.2, 0) is 6.61 Å². The van der Waals surface area contributed by atoms with Gasteiger partial charge in [0.25, 0.3) is 0 Å². The van der Waals surface area contributed by atoms with E-state index in [1.807, 2.05) is 26.8 Å². The molecule has 2 aromatic rings. The van der Waals surface area contributed by atoms with E-state index in [1.165, 1.54) is 12.1 Å². The van der Waals surface area contributed by atoms with Crippen molar-refractivity contribution < 1.29 is 13.9 Å². The number of nitrogens with zero attached hydrogens (tertiary/aromatic N) is 1. The molecular formula is C18H20FN3O2. The lowest BCUT2D eigenvalue weighted by atomic mass is 9.94. The van der Waals surface area contributed by atoms with Gasteiger partial charge >= 0.3 is 6.03 Å². The Bertz CT molecular complexity index is 771. The highest BCUT2D eigenvalue weighted by Gasteiger charge is 2.11. The second kappa shape index (κ2) is 7.59. The average molecular weight is 329 g/mol. The molecule has 0 atom stereocenters. The van der Waals surface area contributed by atoms with Crippen LogP contribution in [0.5, 0.6) is 5.75 Å². The van der Waals surface area contributed by atoms with Gasteiger partial charge in [0.05, 0.1) is 6.21 Å². The van der Waals surface area contributed by atoms with E-state index in [0.29, 0.717) is 12.4 Å². The molecule has 0 heterocycles. The molecule has 0 aliphatic rings. The van der Waals surface area contributed by atoms with E-state index < -0.39 is 6.03 Å². The zero-order valence-electron chi connectivity index (χ0n) is 13.9. The van der Waals surface area contributed by atoms with Crippen molar-refractivity contribution in [2.45, 2.75) is 27.4 Å². The van der Waals surface area contributed by atoms with Crippen molar-refractivity contribution >= 4 is 12.2 Å². The number of ether oxygens (including phenoxy) is 1. The minimum Gasteiger partial charge on any atom is -0.489 e. The second-order valence-corrected chi connectivity index (χ2v) is 5.50. The van der Waals surface area contributed by atoms with Gasteiger partial charge in [-0.05, 0) is 67.3 Å². The number of carbonyl (C=O) groups is 1. The fourth-order valence-electron chi connectivity index (χ4n) is 2.51. The molecule has 0 unspecified atom stereocenters. The van der Waals surface area contributed by atoms with Gasteiger partial charge < -0.3 is 10.5 Å². The van der Waals surface area contributed by atoms with Crippen molar-refractivity contribution in [1.29, 1.82) is 0 Å². The smallest absolute Gasteiger partial charge is 0.332 e. The number of hydrazone groups is 1. The Balaban J connectivity index is 2.24. The minimum atomic E-state index is -0.714. The lowest BCUT2D eigenvalue weighted by molar-refractivity contribution is 0.249. The lowest BCUT2D eigenvalue weighted by Crippen LogP contribution is -2.24. The molecule has 5 nitrogen and oxygen atoms in total. The molecule has 2 rings (SSSR count). The number of rotatable bonds is 5. The molecule has 0 aromatic heterocycles. The third-order valence-corrected chi connectivity index (χ3v) is 3.76. The zero-order chi connectivity index (χ0) is 17.7. The van der Waals surface area contributed by atoms with Crippen LogP contribution in [0.1, 0.15) is 27.8 Å². The summed E-state index contributed by atoms with van der Waals surface area (Å²) in [7, 11) is 0. The Morgan fingerprint density at radius 1 is 1.25 bits per heavy atom. The summed E-state index contributed by atoms with van der Waals surface area (Å²) < 4.78 is 18.7. The SMILES string of the molecule is Cc1cc(C)c(COc2ccc(F)cc2)c(C)c1C=NNC(N)=O. The first-order chi connectivity index (χ1) is 11.4. The predicted molar refractivity (Wildman–Crippen MR) is 91.7 cm³/mol. The number of carbonyl (C=O) groups excluding carboxylic acids is 1. The maximum atomic E-state index is 12.9. The fourth-order valence-corrected chi connectivity index (χ4v) is 2.51. The molecule has 24 heavy (non-hydrogen) atoms. The number of nitrogens with one attached hydrogen (secondary N) is 1. The first kappa shape index (κ1) is 17.5. The molecule has 126 valence electrons. The molecule has 0 aliphatic heterocycles. The molecule has 0 saturated carbocycles. The summed E-state index contributed by atoms with van der Waals surface area (Å²) in [6.07, 6.45) is 1.57. The summed E-state index contributed by atoms with van der Waals surface area (Å²) in [6, 6.07) is 7.21. The van der Waals surface area contributed by atoms with Crippen LogP contribution in [0, 0.1) is 26.6 Å². The number of amides is 2. The van der Waals surface area contributed by atoms with E-state index >= 15 is 0 Å². The molecule has 2 aromatic carbocycles. The number of benzene rings is 2. The summed E-state index contributed by atoms with van der Waals surface area (Å²) in [5.41, 5.74) is 12.2. The monoisotopic (exact) mass is 329 g/mol. The van der Waals surface area contributed by atoms with Gasteiger partial charge in [-0.1, -0.05) is 6.07 Å². The normalized spacial score (nSPS) is 10.8. The molecular weight excluding hydrogens is 309 g/mol. The van der Waals surface area contributed by atoms with Crippen LogP contribution in [-0.4, -0.2) is 12.2 Å². The van der Waals surface area contributed by atoms with Crippen LogP contribution in [0.3, 0.4) is 0 Å². The topological polar surface area (TPSA) is 76.7 Å². The molecule has 3 N–H and O–H groups in total. The fraction of sp³-hybridized carbons (Fsp3) is 0.222. The van der Waals surface area contributed by atoms with E-state index in [4.69, 9.17) is 10.5 Å². The van der Waals surface area contributed by atoms with E-state index in [9.17, 15) is 9.18 Å². The van der Waals surface area contributed by atoms with E-state index in [2.05, 4.69) is 10.5 Å². The third-order valence-electron chi connectivity index (χ3n) is 3.76. The van der Waals surface area contributed by atoms with Gasteiger partial charge in [-0.25, -0.2) is 14.6 Å². The summed E-state index contributed by atoms with van der Waals surface area (Å²) in [5, 5.41) is 3.83. The van der Waals surface area contributed by atoms with Gasteiger partial charge in [-0.2, -0.15) is 5.10 Å². The minimum absolute atomic E-state index is 0.300. The number of urea groups is 1. The van der Waals surface area contributed by atoms with Crippen molar-refractivity contribution in [3.05, 3.63) is 64.0 Å². The van der Waals surface area contributed by atoms with Crippen LogP contribution < -0.4 is 15.9 Å². The number of primary amides is 1. The van der Waals surface area contributed by atoms with Gasteiger partial charge in [0.1, 0.15) is 18.2 Å². The second-order valence-electron chi connectivity index (χ2n) is 5.50. The summed E-state index contributed by atoms with van der Waals surface area (Å²) >= 11 is 0. The van der Waals surface area contributed by atoms with E-state index in [-0.39, 0.29) is 5.82 Å². The Hall–Kier alpha value is -2.89. The molecule has 2 amide bonds. The Morgan fingerprint density at radius 2 is 1.92 bits per heavy atom. The van der Waals surface area contributed by atoms with Crippen LogP contribution in [0.15, 0.2) is 35.4 Å². The van der Waals surface area contributed by atoms with Crippen LogP contribution >= 0.6 is 0 Å². The van der Waals surface area contributed by atoms with Crippen LogP contribution in [0.2, 0.25) is 0 Å². The van der Waals surface area contributed by atoms with E-state index in [1.54, 1.807) is 18.3 Å². The van der Waals surface area contributed by atoms with E-state index in [0.717, 1.165) is 27.8 Å². The highest BCUT2D eigenvalue weighted by Crippen LogP contribution is 2.23. The maximum Gasteiger partial charge on any atom is 0.332 e. The Morgan fingerprint density at radius 3 is 2.54 bits per heavy atom. The van der Waals surface area contributed by atoms with Gasteiger partial charge in [-0.3, -0.25) is 0 Å². The first-order valence-electron chi connectivity index (χ1n) is 7.45. The highest BCUT2D eigenvalue weighted by atomic mass is 19.1. The number of hydrogen-bond donors (Lipinski definition) is 2. The quantitative estimate of drug-likeness (QED) is 0.652. The van der Waals surface area contributed by atoms with Gasteiger partial charge in [0, 0.05) is 5.56 Å². The standard InChI is InChI=1S/C18H20FN3O2/c1-11-8-12(2)17(10-24-15-6-4-14(19)5-7-15)13(3)16(11)9-21-22-18(20)23/h4-9H,10H2,1-3H3,(H3,20,22,23). The third kappa shape index (κ3) is 4.32. The van der Waals surface area contributed by atoms with Crippen LogP contribution in [0.25, 0.3) is 0 Å². The molecule has 0 fully saturated rings. The van der Waals surface area contributed by atoms with Gasteiger partial charge in [0.2, 0.25) is 0 Å². The molecule has 0 spiro atoms. The maximum absolute atomic E-state index is 12.9. The Labute approximate surface area is 140 Å². The number of halogens is 1. The summed E-state index contributed by atoms with van der Waals surface area (Å²) in [5.74, 6) is 0.298. The molecule has 0 aliphatic carbocycles. The number of hydrogen-bond acceptors (Lipinski definition) is 3. The molecule has 0 bridgehead atoms. The molecule has 0 radical (unpaired) electrons. The first-order valence-corrected chi connectivity index (χ1v) is 7.45.